The van der Waals surface area contributed by atoms with E-state index < -0.39 is 35.5 Å². The molecule has 2 aliphatic rings. The van der Waals surface area contributed by atoms with E-state index >= 15 is 0 Å². The summed E-state index contributed by atoms with van der Waals surface area (Å²) in [7, 11) is 0. The number of nitrogens with one attached hydrogen (secondary N) is 1. The number of halogens is 3. The van der Waals surface area contributed by atoms with Crippen LogP contribution in [0.1, 0.15) is 32.3 Å². The Balaban J connectivity index is 1.87. The summed E-state index contributed by atoms with van der Waals surface area (Å²) in [4.78, 5) is 39.8. The van der Waals surface area contributed by atoms with Gasteiger partial charge >= 0.3 is 6.18 Å². The van der Waals surface area contributed by atoms with Gasteiger partial charge in [0.2, 0.25) is 5.91 Å². The Labute approximate surface area is 183 Å². The van der Waals surface area contributed by atoms with Crippen LogP contribution in [-0.4, -0.2) is 61.0 Å². The van der Waals surface area contributed by atoms with Crippen molar-refractivity contribution in [3.63, 3.8) is 0 Å². The van der Waals surface area contributed by atoms with Gasteiger partial charge in [0, 0.05) is 24.8 Å². The van der Waals surface area contributed by atoms with Gasteiger partial charge in [-0.25, -0.2) is 0 Å². The largest absolute Gasteiger partial charge is 0.418 e. The van der Waals surface area contributed by atoms with Gasteiger partial charge in [0.05, 0.1) is 17.9 Å². The Hall–Kier alpha value is -2.66. The third-order valence-electron chi connectivity index (χ3n) is 5.29. The van der Waals surface area contributed by atoms with Crippen LogP contribution < -0.4 is 16.0 Å². The minimum Gasteiger partial charge on any atom is -0.370 e. The molecule has 2 fully saturated rings. The van der Waals surface area contributed by atoms with E-state index in [1.165, 1.54) is 6.07 Å². The van der Waals surface area contributed by atoms with E-state index in [1.807, 2.05) is 13.8 Å². The van der Waals surface area contributed by atoms with Gasteiger partial charge in [-0.05, 0) is 37.0 Å². The van der Waals surface area contributed by atoms with Gasteiger partial charge in [-0.2, -0.15) is 13.2 Å². The van der Waals surface area contributed by atoms with E-state index in [-0.39, 0.29) is 43.1 Å². The summed E-state index contributed by atoms with van der Waals surface area (Å²) in [6.07, 6.45) is -3.12. The van der Waals surface area contributed by atoms with E-state index in [1.54, 1.807) is 4.90 Å². The lowest BCUT2D eigenvalue weighted by Gasteiger charge is -2.31. The SMILES string of the molecule is CC(C)CN(C1CC1)[C@H](C(N)=O)C(=O)Nc1ccc(N2CCOCC2=O)c(C(F)(F)F)c1. The smallest absolute Gasteiger partial charge is 0.370 e. The maximum Gasteiger partial charge on any atom is 0.418 e. The number of carbonyl (C=O) groups is 3. The maximum atomic E-state index is 13.8. The molecule has 0 unspecified atom stereocenters. The Morgan fingerprint density at radius 1 is 1.31 bits per heavy atom. The zero-order chi connectivity index (χ0) is 23.6. The van der Waals surface area contributed by atoms with Crippen LogP contribution in [0.2, 0.25) is 0 Å². The number of nitrogens with two attached hydrogens (primary N) is 1. The lowest BCUT2D eigenvalue weighted by atomic mass is 10.1. The Morgan fingerprint density at radius 3 is 2.53 bits per heavy atom. The monoisotopic (exact) mass is 456 g/mol. The Kier molecular flexibility index (Phi) is 7.09. The Bertz CT molecular complexity index is 886. The summed E-state index contributed by atoms with van der Waals surface area (Å²) < 4.78 is 46.2. The summed E-state index contributed by atoms with van der Waals surface area (Å²) >= 11 is 0. The van der Waals surface area contributed by atoms with Crippen LogP contribution in [0.25, 0.3) is 0 Å². The molecule has 1 aliphatic heterocycles. The van der Waals surface area contributed by atoms with Gasteiger partial charge in [0.15, 0.2) is 6.04 Å². The predicted molar refractivity (Wildman–Crippen MR) is 111 cm³/mol. The molecule has 1 aliphatic carbocycles. The molecule has 1 aromatic carbocycles. The van der Waals surface area contributed by atoms with Crippen LogP contribution >= 0.6 is 0 Å². The van der Waals surface area contributed by atoms with Gasteiger partial charge in [0.1, 0.15) is 6.61 Å². The summed E-state index contributed by atoms with van der Waals surface area (Å²) in [6, 6.07) is 1.92. The van der Waals surface area contributed by atoms with Crippen molar-refractivity contribution in [1.29, 1.82) is 0 Å². The molecule has 0 radical (unpaired) electrons. The van der Waals surface area contributed by atoms with Crippen molar-refractivity contribution in [2.24, 2.45) is 11.7 Å². The molecule has 1 heterocycles. The number of nitrogens with zero attached hydrogens (tertiary/aromatic N) is 2. The van der Waals surface area contributed by atoms with Gasteiger partial charge in [-0.15, -0.1) is 0 Å². The molecule has 8 nitrogen and oxygen atoms in total. The average molecular weight is 456 g/mol. The van der Waals surface area contributed by atoms with E-state index in [2.05, 4.69) is 5.32 Å². The third kappa shape index (κ3) is 5.57. The molecular weight excluding hydrogens is 429 g/mol. The highest BCUT2D eigenvalue weighted by Crippen LogP contribution is 2.39. The molecular formula is C21H27F3N4O4. The number of alkyl halides is 3. The number of anilines is 2. The van der Waals surface area contributed by atoms with Crippen LogP contribution in [0.4, 0.5) is 24.5 Å². The lowest BCUT2D eigenvalue weighted by molar-refractivity contribution is -0.138. The van der Waals surface area contributed by atoms with Crippen molar-refractivity contribution in [3.05, 3.63) is 23.8 Å². The molecule has 1 saturated heterocycles. The van der Waals surface area contributed by atoms with Crippen LogP contribution in [-0.2, 0) is 25.3 Å². The lowest BCUT2D eigenvalue weighted by Crippen LogP contribution is -2.54. The van der Waals surface area contributed by atoms with Crippen LogP contribution in [0.5, 0.6) is 0 Å². The van der Waals surface area contributed by atoms with E-state index in [0.29, 0.717) is 6.54 Å². The fraction of sp³-hybridized carbons (Fsp3) is 0.571. The number of primary amides is 1. The number of rotatable bonds is 8. The van der Waals surface area contributed by atoms with Gasteiger partial charge in [-0.3, -0.25) is 19.3 Å². The zero-order valence-corrected chi connectivity index (χ0v) is 17.9. The molecule has 176 valence electrons. The van der Waals surface area contributed by atoms with E-state index in [4.69, 9.17) is 10.5 Å². The maximum absolute atomic E-state index is 13.8. The van der Waals surface area contributed by atoms with Crippen LogP contribution in [0, 0.1) is 5.92 Å². The molecule has 11 heteroatoms. The Morgan fingerprint density at radius 2 is 2.00 bits per heavy atom. The minimum atomic E-state index is -4.77. The van der Waals surface area contributed by atoms with Crippen molar-refractivity contribution in [2.75, 3.05) is 36.5 Å². The quantitative estimate of drug-likeness (QED) is 0.582. The number of amides is 3. The minimum absolute atomic E-state index is 0.0110. The topological polar surface area (TPSA) is 105 Å². The first kappa shape index (κ1) is 24.0. The summed E-state index contributed by atoms with van der Waals surface area (Å²) in [5.41, 5.74) is 3.97. The van der Waals surface area contributed by atoms with Crippen molar-refractivity contribution in [2.45, 2.75) is 44.9 Å². The van der Waals surface area contributed by atoms with Crippen molar-refractivity contribution in [1.82, 2.24) is 4.90 Å². The number of ether oxygens (including phenoxy) is 1. The molecule has 0 aromatic heterocycles. The first-order valence-electron chi connectivity index (χ1n) is 10.4. The van der Waals surface area contributed by atoms with Gasteiger partial charge in [0.25, 0.3) is 11.8 Å². The predicted octanol–water partition coefficient (Wildman–Crippen LogP) is 1.98. The highest BCUT2D eigenvalue weighted by atomic mass is 19.4. The van der Waals surface area contributed by atoms with E-state index in [9.17, 15) is 27.6 Å². The second-order valence-corrected chi connectivity index (χ2v) is 8.44. The second-order valence-electron chi connectivity index (χ2n) is 8.44. The molecule has 3 N–H and O–H groups in total. The first-order valence-corrected chi connectivity index (χ1v) is 10.4. The number of carbonyl (C=O) groups excluding carboxylic acids is 3. The molecule has 3 rings (SSSR count). The van der Waals surface area contributed by atoms with E-state index in [0.717, 1.165) is 29.9 Å². The highest BCUT2D eigenvalue weighted by Gasteiger charge is 2.41. The third-order valence-corrected chi connectivity index (χ3v) is 5.29. The van der Waals surface area contributed by atoms with Crippen molar-refractivity contribution >= 4 is 29.1 Å². The molecule has 32 heavy (non-hydrogen) atoms. The first-order chi connectivity index (χ1) is 15.0. The fourth-order valence-electron chi connectivity index (χ4n) is 3.80. The average Bonchev–Trinajstić information content (AvgIpc) is 3.52. The molecule has 0 spiro atoms. The standard InChI is InChI=1S/C21H27F3N4O4/c1-12(2)10-28(14-4-5-14)18(19(25)30)20(31)26-13-3-6-16(15(9-13)21(22,23)24)27-7-8-32-11-17(27)29/h3,6,9,12,14,18H,4-5,7-8,10-11H2,1-2H3,(H2,25,30)(H,26,31)/t18-/m1/s1. The van der Waals surface area contributed by atoms with Gasteiger partial charge < -0.3 is 20.7 Å². The van der Waals surface area contributed by atoms with Gasteiger partial charge in [-0.1, -0.05) is 13.8 Å². The van der Waals surface area contributed by atoms with Crippen molar-refractivity contribution < 1.29 is 32.3 Å². The summed E-state index contributed by atoms with van der Waals surface area (Å²) in [5.74, 6) is -2.07. The van der Waals surface area contributed by atoms with Crippen molar-refractivity contribution in [3.8, 4) is 0 Å². The highest BCUT2D eigenvalue weighted by molar-refractivity contribution is 6.09. The second kappa shape index (κ2) is 9.45. The number of hydrogen-bond acceptors (Lipinski definition) is 5. The number of hydrogen-bond donors (Lipinski definition) is 2. The molecule has 1 atom stereocenters. The normalized spacial score (nSPS) is 18.2. The molecule has 1 aromatic rings. The zero-order valence-electron chi connectivity index (χ0n) is 17.9. The number of morpholine rings is 1. The van der Waals surface area contributed by atoms with Crippen LogP contribution in [0.15, 0.2) is 18.2 Å². The summed E-state index contributed by atoms with van der Waals surface area (Å²) in [5, 5.41) is 2.40. The molecule has 1 saturated carbocycles. The fourth-order valence-corrected chi connectivity index (χ4v) is 3.80. The molecule has 0 bridgehead atoms. The van der Waals surface area contributed by atoms with Crippen LogP contribution in [0.3, 0.4) is 0 Å². The number of benzene rings is 1. The summed E-state index contributed by atoms with van der Waals surface area (Å²) in [6.45, 7) is 4.14. The molecule has 3 amide bonds.